The van der Waals surface area contributed by atoms with Crippen LogP contribution in [0.1, 0.15) is 10.4 Å². The molecule has 1 aromatic rings. The van der Waals surface area contributed by atoms with Crippen LogP contribution >= 0.6 is 15.9 Å². The predicted octanol–water partition coefficient (Wildman–Crippen LogP) is 0.321. The molecule has 6 nitrogen and oxygen atoms in total. The first-order chi connectivity index (χ1) is 7.40. The summed E-state index contributed by atoms with van der Waals surface area (Å²) in [5.74, 6) is -0.323. The molecule has 0 atom stereocenters. The Kier molecular flexibility index (Phi) is 4.51. The van der Waals surface area contributed by atoms with Crippen molar-refractivity contribution in [2.24, 2.45) is 0 Å². The number of carbonyl (C=O) groups is 1. The van der Waals surface area contributed by atoms with Crippen LogP contribution in [0.4, 0.5) is 0 Å². The van der Waals surface area contributed by atoms with Gasteiger partial charge in [-0.2, -0.15) is 0 Å². The van der Waals surface area contributed by atoms with Crippen LogP contribution in [0.2, 0.25) is 0 Å². The zero-order valence-electron chi connectivity index (χ0n) is 8.49. The van der Waals surface area contributed by atoms with Gasteiger partial charge in [0.2, 0.25) is 10.0 Å². The lowest BCUT2D eigenvalue weighted by molar-refractivity contribution is 0.0952. The van der Waals surface area contributed by atoms with Gasteiger partial charge < -0.3 is 9.73 Å². The summed E-state index contributed by atoms with van der Waals surface area (Å²) < 4.78 is 28.9. The molecule has 1 heterocycles. The summed E-state index contributed by atoms with van der Waals surface area (Å²) in [6, 6.07) is 1.52. The van der Waals surface area contributed by atoms with Gasteiger partial charge in [0.05, 0.1) is 18.1 Å². The van der Waals surface area contributed by atoms with E-state index in [-0.39, 0.29) is 19.0 Å². The van der Waals surface area contributed by atoms with Crippen LogP contribution in [0.3, 0.4) is 0 Å². The highest BCUT2D eigenvalue weighted by atomic mass is 79.9. The molecule has 0 saturated heterocycles. The third kappa shape index (κ3) is 4.33. The first-order valence-electron chi connectivity index (χ1n) is 4.36. The average Bonchev–Trinajstić information content (AvgIpc) is 2.57. The van der Waals surface area contributed by atoms with E-state index in [4.69, 9.17) is 4.42 Å². The van der Waals surface area contributed by atoms with Crippen molar-refractivity contribution >= 4 is 31.9 Å². The molecule has 16 heavy (non-hydrogen) atoms. The summed E-state index contributed by atoms with van der Waals surface area (Å²) in [4.78, 5) is 11.5. The van der Waals surface area contributed by atoms with Gasteiger partial charge in [0.15, 0.2) is 4.67 Å². The molecule has 1 amide bonds. The maximum absolute atomic E-state index is 11.5. The van der Waals surface area contributed by atoms with Crippen molar-refractivity contribution in [3.63, 3.8) is 0 Å². The van der Waals surface area contributed by atoms with Crippen LogP contribution < -0.4 is 10.0 Å². The van der Waals surface area contributed by atoms with Crippen molar-refractivity contribution in [2.75, 3.05) is 19.3 Å². The SMILES string of the molecule is CS(=O)(=O)NCCNC(=O)c1ccoc1Br. The average molecular weight is 311 g/mol. The normalized spacial score (nSPS) is 11.4. The highest BCUT2D eigenvalue weighted by Gasteiger charge is 2.11. The number of carbonyl (C=O) groups excluding carboxylic acids is 1. The summed E-state index contributed by atoms with van der Waals surface area (Å²) in [5, 5.41) is 2.54. The summed E-state index contributed by atoms with van der Waals surface area (Å²) >= 11 is 3.07. The van der Waals surface area contributed by atoms with Gasteiger partial charge in [-0.25, -0.2) is 13.1 Å². The Morgan fingerprint density at radius 3 is 2.69 bits per heavy atom. The van der Waals surface area contributed by atoms with E-state index in [0.717, 1.165) is 6.26 Å². The Morgan fingerprint density at radius 1 is 1.50 bits per heavy atom. The predicted molar refractivity (Wildman–Crippen MR) is 61.6 cm³/mol. The molecular weight excluding hydrogens is 300 g/mol. The first kappa shape index (κ1) is 13.2. The summed E-state index contributed by atoms with van der Waals surface area (Å²) in [5.41, 5.74) is 0.374. The fraction of sp³-hybridized carbons (Fsp3) is 0.375. The lowest BCUT2D eigenvalue weighted by atomic mass is 10.3. The number of nitrogens with one attached hydrogen (secondary N) is 2. The molecule has 8 heteroatoms. The third-order valence-corrected chi connectivity index (χ3v) is 2.98. The van der Waals surface area contributed by atoms with Gasteiger partial charge in [0.25, 0.3) is 5.91 Å². The maximum atomic E-state index is 11.5. The minimum absolute atomic E-state index is 0.153. The van der Waals surface area contributed by atoms with E-state index in [0.29, 0.717) is 10.2 Å². The Hall–Kier alpha value is -0.860. The van der Waals surface area contributed by atoms with Crippen molar-refractivity contribution in [1.82, 2.24) is 10.0 Å². The van der Waals surface area contributed by atoms with Crippen molar-refractivity contribution < 1.29 is 17.6 Å². The van der Waals surface area contributed by atoms with Gasteiger partial charge in [-0.15, -0.1) is 0 Å². The minimum atomic E-state index is -3.21. The molecule has 0 radical (unpaired) electrons. The number of rotatable bonds is 5. The van der Waals surface area contributed by atoms with Crippen molar-refractivity contribution in [3.8, 4) is 0 Å². The Bertz CT molecular complexity index is 468. The first-order valence-corrected chi connectivity index (χ1v) is 7.04. The molecule has 0 saturated carbocycles. The van der Waals surface area contributed by atoms with Crippen LogP contribution in [-0.4, -0.2) is 33.7 Å². The molecule has 0 spiro atoms. The second kappa shape index (κ2) is 5.46. The van der Waals surface area contributed by atoms with E-state index in [9.17, 15) is 13.2 Å². The van der Waals surface area contributed by atoms with E-state index in [1.165, 1.54) is 12.3 Å². The molecule has 0 unspecified atom stereocenters. The molecule has 0 bridgehead atoms. The Labute approximate surface area is 102 Å². The highest BCUT2D eigenvalue weighted by Crippen LogP contribution is 2.16. The molecule has 1 aromatic heterocycles. The van der Waals surface area contributed by atoms with E-state index >= 15 is 0 Å². The van der Waals surface area contributed by atoms with Crippen LogP contribution in [0.25, 0.3) is 0 Å². The van der Waals surface area contributed by atoms with E-state index in [2.05, 4.69) is 26.0 Å². The van der Waals surface area contributed by atoms with Crippen molar-refractivity contribution in [2.45, 2.75) is 0 Å². The second-order valence-corrected chi connectivity index (χ2v) is 5.58. The van der Waals surface area contributed by atoms with Gasteiger partial charge in [0, 0.05) is 13.1 Å². The summed E-state index contributed by atoms with van der Waals surface area (Å²) in [7, 11) is -3.21. The fourth-order valence-electron chi connectivity index (χ4n) is 0.963. The molecule has 2 N–H and O–H groups in total. The zero-order valence-corrected chi connectivity index (χ0v) is 10.9. The fourth-order valence-corrected chi connectivity index (χ4v) is 1.86. The lowest BCUT2D eigenvalue weighted by Gasteiger charge is -2.04. The van der Waals surface area contributed by atoms with Gasteiger partial charge in [0.1, 0.15) is 0 Å². The van der Waals surface area contributed by atoms with Crippen LogP contribution in [-0.2, 0) is 10.0 Å². The maximum Gasteiger partial charge on any atom is 0.255 e. The number of furan rings is 1. The number of sulfonamides is 1. The van der Waals surface area contributed by atoms with Crippen molar-refractivity contribution in [1.29, 1.82) is 0 Å². The molecule has 0 aliphatic carbocycles. The largest absolute Gasteiger partial charge is 0.457 e. The van der Waals surface area contributed by atoms with Crippen LogP contribution in [0.5, 0.6) is 0 Å². The number of hydrogen-bond donors (Lipinski definition) is 2. The lowest BCUT2D eigenvalue weighted by Crippen LogP contribution is -2.34. The van der Waals surface area contributed by atoms with Gasteiger partial charge in [-0.1, -0.05) is 0 Å². The molecule has 90 valence electrons. The van der Waals surface area contributed by atoms with E-state index < -0.39 is 10.0 Å². The second-order valence-electron chi connectivity index (χ2n) is 3.03. The minimum Gasteiger partial charge on any atom is -0.457 e. The quantitative estimate of drug-likeness (QED) is 0.767. The monoisotopic (exact) mass is 310 g/mol. The third-order valence-electron chi connectivity index (χ3n) is 1.64. The summed E-state index contributed by atoms with van der Waals surface area (Å²) in [6.07, 6.45) is 2.44. The molecule has 0 fully saturated rings. The molecule has 0 aliphatic heterocycles. The van der Waals surface area contributed by atoms with Crippen LogP contribution in [0, 0.1) is 0 Å². The summed E-state index contributed by atoms with van der Waals surface area (Å²) in [6.45, 7) is 0.365. The van der Waals surface area contributed by atoms with Gasteiger partial charge >= 0.3 is 0 Å². The Morgan fingerprint density at radius 2 is 2.19 bits per heavy atom. The van der Waals surface area contributed by atoms with Gasteiger partial charge in [-0.3, -0.25) is 4.79 Å². The molecule has 0 aliphatic rings. The van der Waals surface area contributed by atoms with Crippen LogP contribution in [0.15, 0.2) is 21.4 Å². The number of amides is 1. The van der Waals surface area contributed by atoms with E-state index in [1.807, 2.05) is 0 Å². The standard InChI is InChI=1S/C8H11BrN2O4S/c1-16(13,14)11-4-3-10-8(12)6-2-5-15-7(6)9/h2,5,11H,3-4H2,1H3,(H,10,12). The molecular formula is C8H11BrN2O4S. The number of hydrogen-bond acceptors (Lipinski definition) is 4. The Balaban J connectivity index is 2.35. The van der Waals surface area contributed by atoms with Crippen molar-refractivity contribution in [3.05, 3.63) is 22.6 Å². The number of halogens is 1. The smallest absolute Gasteiger partial charge is 0.255 e. The highest BCUT2D eigenvalue weighted by molar-refractivity contribution is 9.10. The molecule has 0 aromatic carbocycles. The van der Waals surface area contributed by atoms with Gasteiger partial charge in [-0.05, 0) is 22.0 Å². The molecule has 1 rings (SSSR count). The van der Waals surface area contributed by atoms with E-state index in [1.54, 1.807) is 0 Å². The zero-order chi connectivity index (χ0) is 12.2. The topological polar surface area (TPSA) is 88.4 Å².